The number of ether oxygens (including phenoxy) is 1. The highest BCUT2D eigenvalue weighted by atomic mass is 31.1. The van der Waals surface area contributed by atoms with Crippen LogP contribution >= 0.6 is 8.25 Å². The van der Waals surface area contributed by atoms with Gasteiger partial charge in [0.1, 0.15) is 0 Å². The van der Waals surface area contributed by atoms with Crippen molar-refractivity contribution in [1.29, 1.82) is 0 Å². The third kappa shape index (κ3) is 10.1. The largest absolute Gasteiger partial charge is 0.391 e. The van der Waals surface area contributed by atoms with Crippen molar-refractivity contribution in [2.45, 2.75) is 43.8 Å². The molecule has 0 aromatic carbocycles. The summed E-state index contributed by atoms with van der Waals surface area (Å²) in [6.07, 6.45) is -11.8. The molecule has 1 fully saturated rings. The number of morpholine rings is 1. The van der Waals surface area contributed by atoms with Crippen LogP contribution in [0, 0.1) is 0 Å². The van der Waals surface area contributed by atoms with Gasteiger partial charge in [-0.25, -0.2) is 0 Å². The highest BCUT2D eigenvalue weighted by molar-refractivity contribution is 7.30. The molecule has 1 aliphatic rings. The molecule has 3 N–H and O–H groups in total. The van der Waals surface area contributed by atoms with E-state index in [9.17, 15) is 26.3 Å². The van der Waals surface area contributed by atoms with Gasteiger partial charge in [-0.15, -0.1) is 0 Å². The molecule has 0 saturated carbocycles. The Balaban J connectivity index is 0.000000885. The minimum absolute atomic E-state index is 0.0268. The maximum atomic E-state index is 12.3. The standard InChI is InChI=1S/C9H13F6NO.H3O3P/c1-7(5-9(13,14)15)6(4-8(10,11)12)16-2-3-17-7;1-4(2)3/h6,16H,2-5H2,1H3;4H,(H2,1,2,3). The number of hydrogen-bond acceptors (Lipinski definition) is 3. The normalized spacial score (nSPS) is 27.2. The fraction of sp³-hybridized carbons (Fsp3) is 1.00. The van der Waals surface area contributed by atoms with Gasteiger partial charge in [0.25, 0.3) is 0 Å². The number of alkyl halides is 6. The zero-order valence-electron chi connectivity index (χ0n) is 10.9. The van der Waals surface area contributed by atoms with Gasteiger partial charge in [-0.2, -0.15) is 26.3 Å². The van der Waals surface area contributed by atoms with Crippen LogP contribution in [0.5, 0.6) is 0 Å². The van der Waals surface area contributed by atoms with Gasteiger partial charge in [0.15, 0.2) is 0 Å². The van der Waals surface area contributed by atoms with Gasteiger partial charge in [-0.05, 0) is 6.92 Å². The minimum atomic E-state index is -4.56. The van der Waals surface area contributed by atoms with Crippen LogP contribution in [0.3, 0.4) is 0 Å². The summed E-state index contributed by atoms with van der Waals surface area (Å²) in [7, 11) is -3.13. The molecule has 128 valence electrons. The van der Waals surface area contributed by atoms with Crippen molar-refractivity contribution in [3.05, 3.63) is 0 Å². The molecule has 0 aromatic heterocycles. The molecule has 0 spiro atoms. The van der Waals surface area contributed by atoms with Crippen LogP contribution in [0.15, 0.2) is 0 Å². The van der Waals surface area contributed by atoms with Crippen LogP contribution in [0.4, 0.5) is 26.3 Å². The van der Waals surface area contributed by atoms with Crippen LogP contribution in [0.25, 0.3) is 0 Å². The predicted octanol–water partition coefficient (Wildman–Crippen LogP) is 2.00. The Hall–Kier alpha value is -0.350. The Kier molecular flexibility index (Phi) is 7.64. The molecule has 5 nitrogen and oxygen atoms in total. The molecule has 0 aromatic rings. The van der Waals surface area contributed by atoms with E-state index in [0.29, 0.717) is 0 Å². The monoisotopic (exact) mass is 347 g/mol. The summed E-state index contributed by atoms with van der Waals surface area (Å²) in [6.45, 7) is 1.15. The lowest BCUT2D eigenvalue weighted by Gasteiger charge is -2.42. The number of hydrogen-bond donors (Lipinski definition) is 3. The summed E-state index contributed by atoms with van der Waals surface area (Å²) in [5, 5.41) is 2.44. The second-order valence-electron chi connectivity index (χ2n) is 4.56. The van der Waals surface area contributed by atoms with Crippen LogP contribution in [0.1, 0.15) is 19.8 Å². The molecular formula is C9H16F6NO4P. The molecule has 2 atom stereocenters. The Morgan fingerprint density at radius 2 is 1.71 bits per heavy atom. The second kappa shape index (κ2) is 7.77. The number of rotatable bonds is 2. The Labute approximate surface area is 117 Å². The van der Waals surface area contributed by atoms with Gasteiger partial charge in [0.05, 0.1) is 25.0 Å². The third-order valence-electron chi connectivity index (χ3n) is 2.65. The fourth-order valence-corrected chi connectivity index (χ4v) is 1.93. The van der Waals surface area contributed by atoms with Crippen LogP contribution < -0.4 is 5.32 Å². The molecule has 0 amide bonds. The second-order valence-corrected chi connectivity index (χ2v) is 5.13. The maximum absolute atomic E-state index is 12.3. The van der Waals surface area contributed by atoms with Gasteiger partial charge in [-0.1, -0.05) is 0 Å². The summed E-state index contributed by atoms with van der Waals surface area (Å²) >= 11 is 0. The van der Waals surface area contributed by atoms with E-state index in [1.165, 1.54) is 0 Å². The summed E-state index contributed by atoms with van der Waals surface area (Å²) in [6, 6.07) is -1.38. The molecule has 1 heterocycles. The first kappa shape index (κ1) is 20.6. The number of nitrogens with one attached hydrogen (secondary N) is 1. The highest BCUT2D eigenvalue weighted by Gasteiger charge is 2.49. The van der Waals surface area contributed by atoms with Crippen LogP contribution in [-0.4, -0.2) is 46.9 Å². The van der Waals surface area contributed by atoms with Crippen LogP contribution in [0.2, 0.25) is 0 Å². The Bertz CT molecular complexity index is 346. The van der Waals surface area contributed by atoms with E-state index >= 15 is 0 Å². The maximum Gasteiger partial charge on any atom is 0.391 e. The lowest BCUT2D eigenvalue weighted by atomic mass is 9.88. The predicted molar refractivity (Wildman–Crippen MR) is 60.9 cm³/mol. The van der Waals surface area contributed by atoms with E-state index in [-0.39, 0.29) is 13.2 Å². The van der Waals surface area contributed by atoms with Crippen molar-refractivity contribution in [1.82, 2.24) is 5.32 Å². The van der Waals surface area contributed by atoms with Gasteiger partial charge < -0.3 is 19.8 Å². The molecule has 2 unspecified atom stereocenters. The van der Waals surface area contributed by atoms with Crippen molar-refractivity contribution in [2.24, 2.45) is 0 Å². The first-order valence-corrected chi connectivity index (χ1v) is 6.98. The summed E-state index contributed by atoms with van der Waals surface area (Å²) in [5.41, 5.74) is -1.87. The van der Waals surface area contributed by atoms with Crippen LogP contribution in [-0.2, 0) is 9.30 Å². The molecule has 0 radical (unpaired) electrons. The van der Waals surface area contributed by atoms with Gasteiger partial charge in [0.2, 0.25) is 0 Å². The lowest BCUT2D eigenvalue weighted by Crippen LogP contribution is -2.59. The van der Waals surface area contributed by atoms with E-state index in [4.69, 9.17) is 19.1 Å². The van der Waals surface area contributed by atoms with Crippen molar-refractivity contribution >= 4 is 8.25 Å². The summed E-state index contributed by atoms with van der Waals surface area (Å²) in [4.78, 5) is 14.3. The summed E-state index contributed by atoms with van der Waals surface area (Å²) in [5.74, 6) is 0. The van der Waals surface area contributed by atoms with Crippen molar-refractivity contribution in [3.63, 3.8) is 0 Å². The molecule has 1 aliphatic heterocycles. The van der Waals surface area contributed by atoms with Gasteiger partial charge in [0, 0.05) is 12.6 Å². The topological polar surface area (TPSA) is 78.8 Å². The van der Waals surface area contributed by atoms with E-state index in [0.717, 1.165) is 6.92 Å². The highest BCUT2D eigenvalue weighted by Crippen LogP contribution is 2.37. The first-order chi connectivity index (χ1) is 9.25. The van der Waals surface area contributed by atoms with Crippen molar-refractivity contribution in [3.8, 4) is 0 Å². The molecular weight excluding hydrogens is 331 g/mol. The Morgan fingerprint density at radius 3 is 2.10 bits per heavy atom. The lowest BCUT2D eigenvalue weighted by molar-refractivity contribution is -0.216. The van der Waals surface area contributed by atoms with E-state index in [1.807, 2.05) is 0 Å². The zero-order valence-corrected chi connectivity index (χ0v) is 11.9. The molecule has 12 heteroatoms. The van der Waals surface area contributed by atoms with Gasteiger partial charge in [-0.3, -0.25) is 4.57 Å². The van der Waals surface area contributed by atoms with E-state index in [2.05, 4.69) is 5.32 Å². The smallest absolute Gasteiger partial charge is 0.372 e. The Morgan fingerprint density at radius 1 is 1.24 bits per heavy atom. The molecule has 0 aliphatic carbocycles. The average molecular weight is 347 g/mol. The minimum Gasteiger partial charge on any atom is -0.372 e. The SMILES string of the molecule is CC1(CC(F)(F)F)OCCNC1CC(F)(F)F.O=[PH](O)O. The van der Waals surface area contributed by atoms with E-state index in [1.54, 1.807) is 0 Å². The van der Waals surface area contributed by atoms with E-state index < -0.39 is 45.1 Å². The average Bonchev–Trinajstić information content (AvgIpc) is 2.16. The zero-order chi connectivity index (χ0) is 16.9. The summed E-state index contributed by atoms with van der Waals surface area (Å²) < 4.78 is 87.3. The molecule has 1 saturated heterocycles. The van der Waals surface area contributed by atoms with Crippen molar-refractivity contribution < 1.29 is 45.4 Å². The van der Waals surface area contributed by atoms with Crippen molar-refractivity contribution in [2.75, 3.05) is 13.2 Å². The quantitative estimate of drug-likeness (QED) is 0.526. The third-order valence-corrected chi connectivity index (χ3v) is 2.65. The number of halogens is 6. The molecule has 0 bridgehead atoms. The van der Waals surface area contributed by atoms with Gasteiger partial charge >= 0.3 is 20.6 Å². The fourth-order valence-electron chi connectivity index (χ4n) is 1.93. The first-order valence-electron chi connectivity index (χ1n) is 5.68. The molecule has 1 rings (SSSR count). The molecule has 21 heavy (non-hydrogen) atoms.